The van der Waals surface area contributed by atoms with Crippen LogP contribution in [0.15, 0.2) is 79.0 Å². The maximum atomic E-state index is 12.5. The Morgan fingerprint density at radius 3 is 2.26 bits per heavy atom. The van der Waals surface area contributed by atoms with Crippen molar-refractivity contribution in [2.24, 2.45) is 0 Å². The van der Waals surface area contributed by atoms with Crippen molar-refractivity contribution in [1.29, 1.82) is 0 Å². The molecular formula is C23H22N2O2. The van der Waals surface area contributed by atoms with Crippen LogP contribution in [0.2, 0.25) is 0 Å². The standard InChI is InChI=1S/C23H22N2O2/c1-17-10-12-18(13-11-17)21(26)14-15-22(27)25-23(19-7-3-2-4-8-19)20-9-5-6-16-24-20/h2-13,16,23H,14-15H2,1H3,(H,25,27). The number of nitrogens with zero attached hydrogens (tertiary/aromatic N) is 1. The molecule has 4 nitrogen and oxygen atoms in total. The number of nitrogens with one attached hydrogen (secondary N) is 1. The van der Waals surface area contributed by atoms with Crippen molar-refractivity contribution in [3.8, 4) is 0 Å². The third kappa shape index (κ3) is 5.11. The van der Waals surface area contributed by atoms with E-state index in [1.165, 1.54) is 0 Å². The minimum absolute atomic E-state index is 0.0285. The zero-order valence-electron chi connectivity index (χ0n) is 15.3. The molecule has 4 heteroatoms. The van der Waals surface area contributed by atoms with E-state index in [1.54, 1.807) is 18.3 Å². The highest BCUT2D eigenvalue weighted by Gasteiger charge is 2.18. The lowest BCUT2D eigenvalue weighted by Crippen LogP contribution is -2.30. The van der Waals surface area contributed by atoms with Gasteiger partial charge in [-0.1, -0.05) is 66.2 Å². The smallest absolute Gasteiger partial charge is 0.221 e. The predicted molar refractivity (Wildman–Crippen MR) is 105 cm³/mol. The first-order valence-corrected chi connectivity index (χ1v) is 8.98. The minimum atomic E-state index is -0.339. The zero-order valence-corrected chi connectivity index (χ0v) is 15.3. The molecule has 1 N–H and O–H groups in total. The highest BCUT2D eigenvalue weighted by atomic mass is 16.2. The monoisotopic (exact) mass is 358 g/mol. The first-order chi connectivity index (χ1) is 13.1. The van der Waals surface area contributed by atoms with Gasteiger partial charge in [0, 0.05) is 24.6 Å². The van der Waals surface area contributed by atoms with Crippen LogP contribution < -0.4 is 5.32 Å². The summed E-state index contributed by atoms with van der Waals surface area (Å²) in [4.78, 5) is 29.2. The number of aromatic nitrogens is 1. The average Bonchev–Trinajstić information content (AvgIpc) is 2.72. The molecule has 0 aliphatic heterocycles. The molecule has 3 aromatic rings. The molecule has 0 spiro atoms. The summed E-state index contributed by atoms with van der Waals surface area (Å²) in [6, 6.07) is 22.4. The molecular weight excluding hydrogens is 336 g/mol. The van der Waals surface area contributed by atoms with E-state index in [4.69, 9.17) is 0 Å². The van der Waals surface area contributed by atoms with E-state index in [9.17, 15) is 9.59 Å². The fraction of sp³-hybridized carbons (Fsp3) is 0.174. The Morgan fingerprint density at radius 2 is 1.59 bits per heavy atom. The molecule has 1 aromatic heterocycles. The van der Waals surface area contributed by atoms with Gasteiger partial charge >= 0.3 is 0 Å². The van der Waals surface area contributed by atoms with Crippen molar-refractivity contribution >= 4 is 11.7 Å². The third-order valence-corrected chi connectivity index (χ3v) is 4.37. The maximum absolute atomic E-state index is 12.5. The molecule has 3 rings (SSSR count). The fourth-order valence-electron chi connectivity index (χ4n) is 2.86. The molecule has 1 amide bonds. The van der Waals surface area contributed by atoms with Crippen molar-refractivity contribution in [2.75, 3.05) is 0 Å². The number of hydrogen-bond acceptors (Lipinski definition) is 3. The van der Waals surface area contributed by atoms with E-state index in [2.05, 4.69) is 10.3 Å². The predicted octanol–water partition coefficient (Wildman–Crippen LogP) is 4.26. The molecule has 1 atom stereocenters. The molecule has 1 heterocycles. The van der Waals surface area contributed by atoms with Crippen LogP contribution in [0.5, 0.6) is 0 Å². The Labute approximate surface area is 159 Å². The van der Waals surface area contributed by atoms with Gasteiger partial charge in [-0.3, -0.25) is 14.6 Å². The summed E-state index contributed by atoms with van der Waals surface area (Å²) in [5.41, 5.74) is 3.46. The van der Waals surface area contributed by atoms with E-state index >= 15 is 0 Å². The number of Topliss-reactive ketones (excluding diaryl/α,β-unsaturated/α-hetero) is 1. The Bertz CT molecular complexity index is 851. The fourth-order valence-corrected chi connectivity index (χ4v) is 2.86. The van der Waals surface area contributed by atoms with Crippen LogP contribution in [-0.4, -0.2) is 16.7 Å². The molecule has 0 fully saturated rings. The zero-order chi connectivity index (χ0) is 19.1. The Balaban J connectivity index is 1.66. The lowest BCUT2D eigenvalue weighted by atomic mass is 10.0. The van der Waals surface area contributed by atoms with Crippen LogP contribution >= 0.6 is 0 Å². The van der Waals surface area contributed by atoms with E-state index < -0.39 is 0 Å². The molecule has 2 aromatic carbocycles. The van der Waals surface area contributed by atoms with Crippen molar-refractivity contribution in [2.45, 2.75) is 25.8 Å². The van der Waals surface area contributed by atoms with Gasteiger partial charge in [0.05, 0.1) is 11.7 Å². The number of amides is 1. The van der Waals surface area contributed by atoms with E-state index in [0.717, 1.165) is 16.8 Å². The lowest BCUT2D eigenvalue weighted by molar-refractivity contribution is -0.121. The second-order valence-corrected chi connectivity index (χ2v) is 6.46. The topological polar surface area (TPSA) is 59.1 Å². The molecule has 0 radical (unpaired) electrons. The van der Waals surface area contributed by atoms with Gasteiger partial charge in [-0.25, -0.2) is 0 Å². The van der Waals surface area contributed by atoms with E-state index in [-0.39, 0.29) is 30.6 Å². The molecule has 0 aliphatic carbocycles. The Morgan fingerprint density at radius 1 is 0.889 bits per heavy atom. The number of rotatable bonds is 7. The molecule has 0 aliphatic rings. The van der Waals surface area contributed by atoms with Crippen LogP contribution in [-0.2, 0) is 4.79 Å². The van der Waals surface area contributed by atoms with Crippen LogP contribution in [0.3, 0.4) is 0 Å². The number of carbonyl (C=O) groups is 2. The van der Waals surface area contributed by atoms with Gasteiger partial charge in [0.1, 0.15) is 0 Å². The van der Waals surface area contributed by atoms with Gasteiger partial charge < -0.3 is 5.32 Å². The molecule has 27 heavy (non-hydrogen) atoms. The van der Waals surface area contributed by atoms with Crippen LogP contribution in [0.1, 0.15) is 46.1 Å². The number of ketones is 1. The van der Waals surface area contributed by atoms with Gasteiger partial charge in [-0.15, -0.1) is 0 Å². The first-order valence-electron chi connectivity index (χ1n) is 8.98. The van der Waals surface area contributed by atoms with Crippen molar-refractivity contribution < 1.29 is 9.59 Å². The average molecular weight is 358 g/mol. The number of benzene rings is 2. The maximum Gasteiger partial charge on any atom is 0.221 e. The van der Waals surface area contributed by atoms with Crippen LogP contribution in [0, 0.1) is 6.92 Å². The molecule has 0 bridgehead atoms. The first kappa shape index (κ1) is 18.5. The molecule has 136 valence electrons. The van der Waals surface area contributed by atoms with Gasteiger partial charge in [0.25, 0.3) is 0 Å². The number of pyridine rings is 1. The SMILES string of the molecule is Cc1ccc(C(=O)CCC(=O)NC(c2ccccc2)c2ccccn2)cc1. The summed E-state index contributed by atoms with van der Waals surface area (Å²) in [5, 5.41) is 3.01. The minimum Gasteiger partial charge on any atom is -0.344 e. The number of aryl methyl sites for hydroxylation is 1. The lowest BCUT2D eigenvalue weighted by Gasteiger charge is -2.18. The summed E-state index contributed by atoms with van der Waals surface area (Å²) in [6.07, 6.45) is 2.03. The van der Waals surface area contributed by atoms with Crippen molar-refractivity contribution in [3.05, 3.63) is 101 Å². The van der Waals surface area contributed by atoms with Crippen LogP contribution in [0.4, 0.5) is 0 Å². The van der Waals surface area contributed by atoms with E-state index in [1.807, 2.05) is 67.6 Å². The summed E-state index contributed by atoms with van der Waals surface area (Å²) < 4.78 is 0. The summed E-state index contributed by atoms with van der Waals surface area (Å²) in [7, 11) is 0. The second kappa shape index (κ2) is 8.90. The van der Waals surface area contributed by atoms with Gasteiger partial charge in [-0.2, -0.15) is 0 Å². The van der Waals surface area contributed by atoms with Gasteiger partial charge in [-0.05, 0) is 24.6 Å². The van der Waals surface area contributed by atoms with E-state index in [0.29, 0.717) is 5.56 Å². The van der Waals surface area contributed by atoms with Crippen molar-refractivity contribution in [3.63, 3.8) is 0 Å². The molecule has 0 saturated heterocycles. The highest BCUT2D eigenvalue weighted by Crippen LogP contribution is 2.20. The Kier molecular flexibility index (Phi) is 6.10. The van der Waals surface area contributed by atoms with Crippen molar-refractivity contribution in [1.82, 2.24) is 10.3 Å². The van der Waals surface area contributed by atoms with Gasteiger partial charge in [0.15, 0.2) is 5.78 Å². The number of hydrogen-bond donors (Lipinski definition) is 1. The molecule has 0 saturated carbocycles. The molecule has 1 unspecified atom stereocenters. The summed E-state index contributed by atoms with van der Waals surface area (Å²) in [5.74, 6) is -0.200. The highest BCUT2D eigenvalue weighted by molar-refractivity contribution is 5.98. The normalized spacial score (nSPS) is 11.6. The Hall–Kier alpha value is -3.27. The number of carbonyl (C=O) groups excluding carboxylic acids is 2. The third-order valence-electron chi connectivity index (χ3n) is 4.37. The quantitative estimate of drug-likeness (QED) is 0.642. The largest absolute Gasteiger partial charge is 0.344 e. The second-order valence-electron chi connectivity index (χ2n) is 6.46. The van der Waals surface area contributed by atoms with Crippen LogP contribution in [0.25, 0.3) is 0 Å². The summed E-state index contributed by atoms with van der Waals surface area (Å²) >= 11 is 0. The summed E-state index contributed by atoms with van der Waals surface area (Å²) in [6.45, 7) is 1.98. The van der Waals surface area contributed by atoms with Gasteiger partial charge in [0.2, 0.25) is 5.91 Å².